The van der Waals surface area contributed by atoms with E-state index in [9.17, 15) is 9.59 Å². The second-order valence-electron chi connectivity index (χ2n) is 3.85. The summed E-state index contributed by atoms with van der Waals surface area (Å²) in [4.78, 5) is 25.4. The van der Waals surface area contributed by atoms with Gasteiger partial charge < -0.3 is 14.8 Å². The molecule has 5 heteroatoms. The van der Waals surface area contributed by atoms with Gasteiger partial charge in [-0.15, -0.1) is 0 Å². The highest BCUT2D eigenvalue weighted by Gasteiger charge is 2.16. The van der Waals surface area contributed by atoms with E-state index in [1.54, 1.807) is 6.92 Å². The molecule has 0 fully saturated rings. The van der Waals surface area contributed by atoms with E-state index < -0.39 is 11.9 Å². The Morgan fingerprint density at radius 1 is 1.37 bits per heavy atom. The minimum atomic E-state index is -1.07. The Morgan fingerprint density at radius 2 is 2.11 bits per heavy atom. The van der Waals surface area contributed by atoms with Crippen molar-refractivity contribution in [2.24, 2.45) is 0 Å². The van der Waals surface area contributed by atoms with Crippen molar-refractivity contribution in [1.82, 2.24) is 4.98 Å². The number of H-pyrrole nitrogens is 1. The number of carbonyl (C=O) groups excluding carboxylic acids is 1. The van der Waals surface area contributed by atoms with Gasteiger partial charge in [0.1, 0.15) is 5.69 Å². The number of rotatable bonds is 4. The summed E-state index contributed by atoms with van der Waals surface area (Å²) < 4.78 is 4.95. The molecule has 1 aromatic carbocycles. The van der Waals surface area contributed by atoms with Crippen LogP contribution in [0.2, 0.25) is 0 Å². The topological polar surface area (TPSA) is 79.4 Å². The average molecular weight is 259 g/mol. The van der Waals surface area contributed by atoms with E-state index in [4.69, 9.17) is 9.84 Å². The van der Waals surface area contributed by atoms with Gasteiger partial charge in [0.2, 0.25) is 0 Å². The number of carboxylic acids is 1. The molecule has 0 aliphatic carbocycles. The van der Waals surface area contributed by atoms with Gasteiger partial charge >= 0.3 is 11.9 Å². The van der Waals surface area contributed by atoms with Gasteiger partial charge in [0.05, 0.1) is 6.61 Å². The quantitative estimate of drug-likeness (QED) is 0.653. The zero-order chi connectivity index (χ0) is 13.8. The number of hydrogen-bond acceptors (Lipinski definition) is 3. The number of aromatic amines is 1. The smallest absolute Gasteiger partial charge is 0.355 e. The second kappa shape index (κ2) is 5.39. The van der Waals surface area contributed by atoms with E-state index in [0.29, 0.717) is 5.56 Å². The molecule has 2 rings (SSSR count). The summed E-state index contributed by atoms with van der Waals surface area (Å²) in [5, 5.41) is 9.48. The minimum Gasteiger partial charge on any atom is -0.478 e. The van der Waals surface area contributed by atoms with Crippen LogP contribution in [0.25, 0.3) is 17.0 Å². The maximum atomic E-state index is 11.8. The fourth-order valence-electron chi connectivity index (χ4n) is 1.86. The third-order valence-corrected chi connectivity index (χ3v) is 2.62. The summed E-state index contributed by atoms with van der Waals surface area (Å²) in [6.45, 7) is 1.98. The maximum absolute atomic E-state index is 11.8. The zero-order valence-electron chi connectivity index (χ0n) is 10.3. The third kappa shape index (κ3) is 2.65. The molecular weight excluding hydrogens is 246 g/mol. The highest BCUT2D eigenvalue weighted by atomic mass is 16.5. The number of carbonyl (C=O) groups is 2. The predicted molar refractivity (Wildman–Crippen MR) is 70.9 cm³/mol. The molecule has 1 heterocycles. The Kier molecular flexibility index (Phi) is 3.66. The third-order valence-electron chi connectivity index (χ3n) is 2.62. The lowest BCUT2D eigenvalue weighted by atomic mass is 10.1. The van der Waals surface area contributed by atoms with Crippen molar-refractivity contribution in [3.8, 4) is 0 Å². The summed E-state index contributed by atoms with van der Waals surface area (Å²) in [7, 11) is 0. The van der Waals surface area contributed by atoms with Crippen molar-refractivity contribution in [2.75, 3.05) is 6.61 Å². The summed E-state index contributed by atoms with van der Waals surface area (Å²) >= 11 is 0. The van der Waals surface area contributed by atoms with Crippen LogP contribution in [-0.2, 0) is 9.53 Å². The molecule has 2 aromatic rings. The van der Waals surface area contributed by atoms with Crippen molar-refractivity contribution < 1.29 is 19.4 Å². The van der Waals surface area contributed by atoms with E-state index in [2.05, 4.69) is 4.98 Å². The summed E-state index contributed by atoms with van der Waals surface area (Å²) in [5.74, 6) is -1.57. The highest BCUT2D eigenvalue weighted by molar-refractivity contribution is 6.03. The van der Waals surface area contributed by atoms with Crippen molar-refractivity contribution in [3.63, 3.8) is 0 Å². The Morgan fingerprint density at radius 3 is 2.79 bits per heavy atom. The van der Waals surface area contributed by atoms with E-state index in [1.807, 2.05) is 24.3 Å². The van der Waals surface area contributed by atoms with Gasteiger partial charge in [0.15, 0.2) is 0 Å². The van der Waals surface area contributed by atoms with Crippen LogP contribution in [0.3, 0.4) is 0 Å². The summed E-state index contributed by atoms with van der Waals surface area (Å²) in [6.07, 6.45) is 2.39. The van der Waals surface area contributed by atoms with Crippen LogP contribution in [0.15, 0.2) is 30.3 Å². The van der Waals surface area contributed by atoms with E-state index in [-0.39, 0.29) is 12.3 Å². The highest BCUT2D eigenvalue weighted by Crippen LogP contribution is 2.24. The number of aromatic nitrogens is 1. The lowest BCUT2D eigenvalue weighted by Gasteiger charge is -2.00. The van der Waals surface area contributed by atoms with E-state index in [0.717, 1.165) is 17.0 Å². The molecule has 5 nitrogen and oxygen atoms in total. The van der Waals surface area contributed by atoms with Crippen LogP contribution in [0, 0.1) is 0 Å². The van der Waals surface area contributed by atoms with Crippen LogP contribution in [0.4, 0.5) is 0 Å². The number of fused-ring (bicyclic) bond motifs is 1. The van der Waals surface area contributed by atoms with Crippen LogP contribution >= 0.6 is 0 Å². The number of para-hydroxylation sites is 1. The van der Waals surface area contributed by atoms with Gasteiger partial charge in [-0.3, -0.25) is 0 Å². The molecule has 0 saturated carbocycles. The second-order valence-corrected chi connectivity index (χ2v) is 3.85. The Hall–Kier alpha value is -2.56. The molecule has 2 N–H and O–H groups in total. The number of hydrogen-bond donors (Lipinski definition) is 2. The number of carboxylic acid groups (broad SMARTS) is 1. The molecule has 0 unspecified atom stereocenters. The van der Waals surface area contributed by atoms with Crippen molar-refractivity contribution in [1.29, 1.82) is 0 Å². The van der Waals surface area contributed by atoms with Crippen LogP contribution < -0.4 is 0 Å². The average Bonchev–Trinajstić information content (AvgIpc) is 2.75. The number of ether oxygens (including phenoxy) is 1. The Labute approximate surface area is 109 Å². The lowest BCUT2D eigenvalue weighted by Crippen LogP contribution is -2.06. The number of aliphatic carboxylic acids is 1. The molecule has 0 aliphatic rings. The van der Waals surface area contributed by atoms with Crippen LogP contribution in [-0.4, -0.2) is 28.6 Å². The molecule has 0 radical (unpaired) electrons. The maximum Gasteiger partial charge on any atom is 0.355 e. The normalized spacial score (nSPS) is 11.0. The van der Waals surface area contributed by atoms with Crippen LogP contribution in [0.5, 0.6) is 0 Å². The standard InChI is InChI=1S/C14H13NO4/c1-2-19-14(18)13-10(7-8-12(16)17)9-5-3-4-6-11(9)15-13/h3-8,15H,2H2,1H3,(H,16,17)/b8-7+. The zero-order valence-corrected chi connectivity index (χ0v) is 10.3. The lowest BCUT2D eigenvalue weighted by molar-refractivity contribution is -0.131. The van der Waals surface area contributed by atoms with Crippen LogP contribution in [0.1, 0.15) is 23.0 Å². The van der Waals surface area contributed by atoms with Crippen molar-refractivity contribution in [2.45, 2.75) is 6.92 Å². The summed E-state index contributed by atoms with van der Waals surface area (Å²) in [6, 6.07) is 7.29. The fraction of sp³-hybridized carbons (Fsp3) is 0.143. The van der Waals surface area contributed by atoms with Crippen molar-refractivity contribution in [3.05, 3.63) is 41.6 Å². The first-order chi connectivity index (χ1) is 9.13. The van der Waals surface area contributed by atoms with Gasteiger partial charge in [0, 0.05) is 22.5 Å². The molecular formula is C14H13NO4. The van der Waals surface area contributed by atoms with E-state index in [1.165, 1.54) is 6.08 Å². The number of nitrogens with one attached hydrogen (secondary N) is 1. The number of benzene rings is 1. The van der Waals surface area contributed by atoms with Crippen molar-refractivity contribution >= 4 is 28.9 Å². The summed E-state index contributed by atoms with van der Waals surface area (Å²) in [5.41, 5.74) is 1.55. The molecule has 0 saturated heterocycles. The monoisotopic (exact) mass is 259 g/mol. The molecule has 19 heavy (non-hydrogen) atoms. The molecule has 1 aromatic heterocycles. The first-order valence-corrected chi connectivity index (χ1v) is 5.82. The van der Waals surface area contributed by atoms with E-state index >= 15 is 0 Å². The largest absolute Gasteiger partial charge is 0.478 e. The molecule has 0 bridgehead atoms. The SMILES string of the molecule is CCOC(=O)c1[nH]c2ccccc2c1/C=C/C(=O)O. The molecule has 0 amide bonds. The molecule has 0 atom stereocenters. The fourth-order valence-corrected chi connectivity index (χ4v) is 1.86. The van der Waals surface area contributed by atoms with Gasteiger partial charge in [-0.2, -0.15) is 0 Å². The van der Waals surface area contributed by atoms with Gasteiger partial charge in [-0.05, 0) is 19.1 Å². The Balaban J connectivity index is 2.58. The minimum absolute atomic E-state index is 0.260. The first kappa shape index (κ1) is 12.9. The van der Waals surface area contributed by atoms with Gasteiger partial charge in [-0.25, -0.2) is 9.59 Å². The number of esters is 1. The predicted octanol–water partition coefficient (Wildman–Crippen LogP) is 2.44. The first-order valence-electron chi connectivity index (χ1n) is 5.82. The molecule has 0 spiro atoms. The molecule has 0 aliphatic heterocycles. The Bertz CT molecular complexity index is 655. The van der Waals surface area contributed by atoms with Gasteiger partial charge in [-0.1, -0.05) is 18.2 Å². The molecule has 98 valence electrons. The van der Waals surface area contributed by atoms with Gasteiger partial charge in [0.25, 0.3) is 0 Å².